The molecule has 0 bridgehead atoms. The number of carbonyl (C=O) groups is 1. The number of rotatable bonds is 4. The van der Waals surface area contributed by atoms with Crippen LogP contribution in [0.15, 0.2) is 65.1 Å². The summed E-state index contributed by atoms with van der Waals surface area (Å²) >= 11 is 0. The minimum absolute atomic E-state index is 0.00536. The fraction of sp³-hybridized carbons (Fsp3) is 0.543. The van der Waals surface area contributed by atoms with Crippen molar-refractivity contribution in [1.29, 1.82) is 0 Å². The highest BCUT2D eigenvalue weighted by Gasteiger charge is 2.62. The van der Waals surface area contributed by atoms with Crippen molar-refractivity contribution in [3.63, 3.8) is 0 Å². The zero-order chi connectivity index (χ0) is 26.3. The Morgan fingerprint density at radius 2 is 1.95 bits per heavy atom. The molecule has 0 spiro atoms. The maximum Gasteiger partial charge on any atom is 0.307 e. The van der Waals surface area contributed by atoms with Gasteiger partial charge in [-0.2, -0.15) is 0 Å². The molecule has 1 aliphatic heterocycles. The van der Waals surface area contributed by atoms with Gasteiger partial charge in [0.25, 0.3) is 0 Å². The average molecular weight is 508 g/mol. The normalized spacial score (nSPS) is 33.8. The van der Waals surface area contributed by atoms with Crippen molar-refractivity contribution < 1.29 is 9.53 Å². The van der Waals surface area contributed by atoms with Crippen molar-refractivity contribution in [1.82, 2.24) is 0 Å². The van der Waals surface area contributed by atoms with E-state index in [0.717, 1.165) is 32.1 Å². The molecule has 2 saturated carbocycles. The van der Waals surface area contributed by atoms with E-state index in [4.69, 9.17) is 4.74 Å². The number of allylic oxidation sites excluding steroid dienone is 4. The van der Waals surface area contributed by atoms with E-state index >= 15 is 0 Å². The average Bonchev–Trinajstić information content (AvgIpc) is 3.55. The molecule has 198 valence electrons. The summed E-state index contributed by atoms with van der Waals surface area (Å²) in [5.41, 5.74) is 11.0. The summed E-state index contributed by atoms with van der Waals surface area (Å²) in [6.45, 7) is 8.26. The number of fused-ring (bicyclic) bond motifs is 4. The molecule has 1 saturated heterocycles. The monoisotopic (exact) mass is 507 g/mol. The number of hydrogen-bond acceptors (Lipinski definition) is 3. The van der Waals surface area contributed by atoms with Crippen LogP contribution >= 0.6 is 0 Å². The van der Waals surface area contributed by atoms with Crippen LogP contribution in [0.3, 0.4) is 0 Å². The van der Waals surface area contributed by atoms with E-state index in [1.165, 1.54) is 62.5 Å². The van der Waals surface area contributed by atoms with Crippen LogP contribution in [-0.2, 0) is 9.53 Å². The van der Waals surface area contributed by atoms with E-state index in [9.17, 15) is 4.79 Å². The highest BCUT2D eigenvalue weighted by atomic mass is 16.5. The third-order valence-electron chi connectivity index (χ3n) is 10.5. The predicted molar refractivity (Wildman–Crippen MR) is 153 cm³/mol. The molecule has 6 rings (SSSR count). The molecule has 1 aromatic carbocycles. The highest BCUT2D eigenvalue weighted by Crippen LogP contribution is 2.69. The van der Waals surface area contributed by atoms with Gasteiger partial charge in [-0.3, -0.25) is 4.79 Å². The summed E-state index contributed by atoms with van der Waals surface area (Å²) < 4.78 is 5.33. The van der Waals surface area contributed by atoms with Gasteiger partial charge in [-0.1, -0.05) is 30.6 Å². The Hall–Kier alpha value is -2.95. The number of benzene rings is 1. The largest absolute Gasteiger partial charge is 0.435 e. The maximum absolute atomic E-state index is 11.6. The Balaban J connectivity index is 1.45. The molecule has 0 radical (unpaired) electrons. The van der Waals surface area contributed by atoms with Gasteiger partial charge in [-0.05, 0) is 123 Å². The van der Waals surface area contributed by atoms with Crippen LogP contribution in [0, 0.1) is 34.5 Å². The van der Waals surface area contributed by atoms with E-state index in [1.807, 2.05) is 6.92 Å². The molecule has 5 aliphatic rings. The molecule has 5 atom stereocenters. The van der Waals surface area contributed by atoms with Gasteiger partial charge >= 0.3 is 5.97 Å². The lowest BCUT2D eigenvalue weighted by molar-refractivity contribution is -0.135. The molecular weight excluding hydrogens is 466 g/mol. The second-order valence-corrected chi connectivity index (χ2v) is 12.3. The Morgan fingerprint density at radius 3 is 2.68 bits per heavy atom. The first-order valence-corrected chi connectivity index (χ1v) is 14.8. The van der Waals surface area contributed by atoms with Crippen molar-refractivity contribution in [3.8, 4) is 11.8 Å². The van der Waals surface area contributed by atoms with Gasteiger partial charge in [0.2, 0.25) is 0 Å². The van der Waals surface area contributed by atoms with Crippen molar-refractivity contribution >= 4 is 11.7 Å². The molecule has 4 aliphatic carbocycles. The Bertz CT molecular complexity index is 1290. The van der Waals surface area contributed by atoms with Crippen molar-refractivity contribution in [2.75, 3.05) is 18.0 Å². The second-order valence-electron chi connectivity index (χ2n) is 12.3. The van der Waals surface area contributed by atoms with Crippen molar-refractivity contribution in [2.24, 2.45) is 22.7 Å². The molecule has 3 fully saturated rings. The zero-order valence-electron chi connectivity index (χ0n) is 23.3. The molecule has 0 unspecified atom stereocenters. The number of anilines is 1. The summed E-state index contributed by atoms with van der Waals surface area (Å²) in [6, 6.07) is 9.56. The first kappa shape index (κ1) is 25.3. The predicted octanol–water partition coefficient (Wildman–Crippen LogP) is 7.86. The van der Waals surface area contributed by atoms with Gasteiger partial charge < -0.3 is 9.64 Å². The van der Waals surface area contributed by atoms with Crippen LogP contribution in [0.2, 0.25) is 0 Å². The van der Waals surface area contributed by atoms with Crippen LogP contribution in [-0.4, -0.2) is 19.1 Å². The van der Waals surface area contributed by atoms with Crippen molar-refractivity contribution in [3.05, 3.63) is 70.7 Å². The van der Waals surface area contributed by atoms with Gasteiger partial charge in [0.15, 0.2) is 0 Å². The topological polar surface area (TPSA) is 29.5 Å². The molecule has 3 heteroatoms. The third-order valence-corrected chi connectivity index (χ3v) is 10.5. The fourth-order valence-electron chi connectivity index (χ4n) is 8.77. The lowest BCUT2D eigenvalue weighted by Crippen LogP contribution is -2.47. The molecule has 3 nitrogen and oxygen atoms in total. The first-order valence-electron chi connectivity index (χ1n) is 14.8. The summed E-state index contributed by atoms with van der Waals surface area (Å²) in [7, 11) is 0. The van der Waals surface area contributed by atoms with Crippen LogP contribution in [0.1, 0.15) is 90.0 Å². The summed E-state index contributed by atoms with van der Waals surface area (Å²) in [6.07, 6.45) is 16.5. The molecule has 0 aromatic heterocycles. The standard InChI is InChI=1S/C35H41NO2/c1-4-18-35(20-23-38-25(2)37)19-17-32-30-16-13-26-9-5-6-10-29(26)33(30)31(24-34(32,35)3)27-11-14-28(15-12-27)36-21-7-8-22-36/h5,11-12,14-15,20,23,30-32H,6-8,10,13,16-17,19,21-22,24H2,1-3H3/t30-,31+,32-,34-,35+/m0/s1. The highest BCUT2D eigenvalue weighted by molar-refractivity contribution is 5.66. The maximum atomic E-state index is 11.6. The van der Waals surface area contributed by atoms with E-state index in [-0.39, 0.29) is 16.8 Å². The van der Waals surface area contributed by atoms with E-state index < -0.39 is 0 Å². The molecule has 0 amide bonds. The minimum atomic E-state index is -0.283. The van der Waals surface area contributed by atoms with Gasteiger partial charge in [-0.15, -0.1) is 11.7 Å². The molecular formula is C35H41NO2. The molecule has 1 aromatic rings. The Morgan fingerprint density at radius 1 is 1.16 bits per heavy atom. The zero-order valence-corrected chi connectivity index (χ0v) is 23.3. The summed E-state index contributed by atoms with van der Waals surface area (Å²) in [5.74, 6) is 8.23. The SMILES string of the molecule is CC#C[C@]1(C=COC(C)=O)CC[C@H]2[C@@H]3CCC4=C=CCCC4=C3[C@@H](c3ccc(N4CCCC4)cc3)C[C@@]21C. The quantitative estimate of drug-likeness (QED) is 0.180. The molecule has 0 N–H and O–H groups in total. The van der Waals surface area contributed by atoms with Crippen LogP contribution in [0.4, 0.5) is 5.69 Å². The van der Waals surface area contributed by atoms with Crippen LogP contribution < -0.4 is 4.90 Å². The van der Waals surface area contributed by atoms with Gasteiger partial charge in [0.1, 0.15) is 0 Å². The number of nitrogens with zero attached hydrogens (tertiary/aromatic N) is 1. The lowest BCUT2D eigenvalue weighted by atomic mass is 9.49. The lowest BCUT2D eigenvalue weighted by Gasteiger charge is -2.54. The van der Waals surface area contributed by atoms with Crippen LogP contribution in [0.25, 0.3) is 0 Å². The summed E-state index contributed by atoms with van der Waals surface area (Å²) in [4.78, 5) is 14.1. The van der Waals surface area contributed by atoms with Crippen molar-refractivity contribution in [2.45, 2.75) is 84.5 Å². The second kappa shape index (κ2) is 9.98. The number of ether oxygens (including phenoxy) is 1. The smallest absolute Gasteiger partial charge is 0.307 e. The van der Waals surface area contributed by atoms with E-state index in [1.54, 1.807) is 17.4 Å². The van der Waals surface area contributed by atoms with E-state index in [0.29, 0.717) is 17.8 Å². The number of hydrogen-bond donors (Lipinski definition) is 0. The van der Waals surface area contributed by atoms with Crippen LogP contribution in [0.5, 0.6) is 0 Å². The summed E-state index contributed by atoms with van der Waals surface area (Å²) in [5, 5.41) is 0. The number of carbonyl (C=O) groups excluding carboxylic acids is 1. The third kappa shape index (κ3) is 4.10. The Kier molecular flexibility index (Phi) is 6.65. The molecule has 38 heavy (non-hydrogen) atoms. The molecule has 1 heterocycles. The van der Waals surface area contributed by atoms with Gasteiger partial charge in [0.05, 0.1) is 11.7 Å². The minimum Gasteiger partial charge on any atom is -0.435 e. The first-order chi connectivity index (χ1) is 18.5. The fourth-order valence-corrected chi connectivity index (χ4v) is 8.77. The Labute approximate surface area is 228 Å². The number of esters is 1. The van der Waals surface area contributed by atoms with Gasteiger partial charge in [0, 0.05) is 31.6 Å². The van der Waals surface area contributed by atoms with E-state index in [2.05, 4.69) is 65.8 Å². The van der Waals surface area contributed by atoms with Gasteiger partial charge in [-0.25, -0.2) is 0 Å².